The van der Waals surface area contributed by atoms with Crippen LogP contribution in [0.3, 0.4) is 0 Å². The summed E-state index contributed by atoms with van der Waals surface area (Å²) in [6, 6.07) is 10.9. The summed E-state index contributed by atoms with van der Waals surface area (Å²) in [7, 11) is 0. The molecule has 0 saturated heterocycles. The second-order valence-electron chi connectivity index (χ2n) is 5.40. The standard InChI is InChI=1S/C16H15BrN4.ClH/c17-11-7-10-3-1-2-4-12(10)14(8-11)21-16-13-5-6-18-15(13)19-9-20-16;/h1-6,9,11,14H,7-8H2,(H2,18,19,20,21);1H. The average Bonchev–Trinajstić information content (AvgIpc) is 2.96. The highest BCUT2D eigenvalue weighted by Crippen LogP contribution is 2.35. The molecule has 2 heterocycles. The quantitative estimate of drug-likeness (QED) is 0.655. The maximum atomic E-state index is 4.41. The SMILES string of the molecule is BrC1Cc2ccccc2C(Nc2ncnc3[nH]ccc23)C1.Cl. The second-order valence-corrected chi connectivity index (χ2v) is 6.69. The van der Waals surface area contributed by atoms with Crippen molar-refractivity contribution >= 4 is 45.2 Å². The van der Waals surface area contributed by atoms with Crippen molar-refractivity contribution in [3.8, 4) is 0 Å². The Balaban J connectivity index is 0.00000144. The van der Waals surface area contributed by atoms with Gasteiger partial charge in [-0.05, 0) is 30.0 Å². The van der Waals surface area contributed by atoms with E-state index in [9.17, 15) is 0 Å². The zero-order valence-corrected chi connectivity index (χ0v) is 14.2. The number of H-pyrrole nitrogens is 1. The molecule has 4 rings (SSSR count). The summed E-state index contributed by atoms with van der Waals surface area (Å²) in [6.45, 7) is 0. The number of hydrogen-bond donors (Lipinski definition) is 2. The fourth-order valence-electron chi connectivity index (χ4n) is 3.05. The molecule has 4 nitrogen and oxygen atoms in total. The van der Waals surface area contributed by atoms with Crippen molar-refractivity contribution in [3.05, 3.63) is 54.0 Å². The lowest BCUT2D eigenvalue weighted by Crippen LogP contribution is -2.24. The third-order valence-electron chi connectivity index (χ3n) is 4.03. The monoisotopic (exact) mass is 378 g/mol. The Labute approximate surface area is 143 Å². The van der Waals surface area contributed by atoms with Gasteiger partial charge in [0.05, 0.1) is 11.4 Å². The molecule has 1 aliphatic rings. The highest BCUT2D eigenvalue weighted by molar-refractivity contribution is 9.09. The molecule has 1 aliphatic carbocycles. The van der Waals surface area contributed by atoms with E-state index in [-0.39, 0.29) is 18.4 Å². The van der Waals surface area contributed by atoms with E-state index in [0.717, 1.165) is 29.7 Å². The van der Waals surface area contributed by atoms with Gasteiger partial charge in [0.1, 0.15) is 17.8 Å². The number of alkyl halides is 1. The first-order valence-corrected chi connectivity index (χ1v) is 7.99. The second kappa shape index (κ2) is 6.26. The maximum absolute atomic E-state index is 4.41. The third kappa shape index (κ3) is 2.71. The Hall–Kier alpha value is -1.59. The summed E-state index contributed by atoms with van der Waals surface area (Å²) < 4.78 is 0. The van der Waals surface area contributed by atoms with Crippen molar-refractivity contribution in [2.45, 2.75) is 23.7 Å². The van der Waals surface area contributed by atoms with Gasteiger partial charge in [0.2, 0.25) is 0 Å². The van der Waals surface area contributed by atoms with Gasteiger partial charge < -0.3 is 10.3 Å². The maximum Gasteiger partial charge on any atom is 0.142 e. The lowest BCUT2D eigenvalue weighted by Gasteiger charge is -2.30. The van der Waals surface area contributed by atoms with Crippen LogP contribution >= 0.6 is 28.3 Å². The molecular formula is C16H16BrClN4. The van der Waals surface area contributed by atoms with Crippen LogP contribution in [0.2, 0.25) is 0 Å². The first-order valence-electron chi connectivity index (χ1n) is 7.08. The fourth-order valence-corrected chi connectivity index (χ4v) is 3.78. The average molecular weight is 380 g/mol. The number of benzene rings is 1. The van der Waals surface area contributed by atoms with Gasteiger partial charge in [-0.15, -0.1) is 12.4 Å². The summed E-state index contributed by atoms with van der Waals surface area (Å²) in [4.78, 5) is 12.3. The zero-order chi connectivity index (χ0) is 14.2. The Bertz CT molecular complexity index is 788. The molecule has 0 bridgehead atoms. The topological polar surface area (TPSA) is 53.6 Å². The van der Waals surface area contributed by atoms with Crippen LogP contribution in [0.5, 0.6) is 0 Å². The number of halogens is 2. The van der Waals surface area contributed by atoms with E-state index in [1.807, 2.05) is 12.3 Å². The number of aromatic nitrogens is 3. The van der Waals surface area contributed by atoms with Crippen LogP contribution in [0.15, 0.2) is 42.9 Å². The van der Waals surface area contributed by atoms with E-state index in [2.05, 4.69) is 60.5 Å². The Morgan fingerprint density at radius 1 is 1.18 bits per heavy atom. The predicted molar refractivity (Wildman–Crippen MR) is 95.0 cm³/mol. The number of fused-ring (bicyclic) bond motifs is 2. The van der Waals surface area contributed by atoms with E-state index in [1.165, 1.54) is 11.1 Å². The van der Waals surface area contributed by atoms with Gasteiger partial charge in [-0.2, -0.15) is 0 Å². The van der Waals surface area contributed by atoms with E-state index in [4.69, 9.17) is 0 Å². The number of nitrogens with zero attached hydrogens (tertiary/aromatic N) is 2. The van der Waals surface area contributed by atoms with Crippen molar-refractivity contribution in [2.75, 3.05) is 5.32 Å². The molecule has 3 aromatic rings. The van der Waals surface area contributed by atoms with Gasteiger partial charge >= 0.3 is 0 Å². The first kappa shape index (κ1) is 15.3. The summed E-state index contributed by atoms with van der Waals surface area (Å²) in [5.74, 6) is 0.891. The fraction of sp³-hybridized carbons (Fsp3) is 0.250. The largest absolute Gasteiger partial charge is 0.363 e. The number of nitrogens with one attached hydrogen (secondary N) is 2. The van der Waals surface area contributed by atoms with Gasteiger partial charge in [0.25, 0.3) is 0 Å². The highest BCUT2D eigenvalue weighted by Gasteiger charge is 2.25. The van der Waals surface area contributed by atoms with Crippen LogP contribution in [0.25, 0.3) is 11.0 Å². The molecule has 0 fully saturated rings. The molecule has 22 heavy (non-hydrogen) atoms. The van der Waals surface area contributed by atoms with Crippen molar-refractivity contribution in [1.82, 2.24) is 15.0 Å². The molecule has 114 valence electrons. The summed E-state index contributed by atoms with van der Waals surface area (Å²) in [6.07, 6.45) is 5.62. The number of aromatic amines is 1. The minimum absolute atomic E-state index is 0. The third-order valence-corrected chi connectivity index (χ3v) is 4.73. The summed E-state index contributed by atoms with van der Waals surface area (Å²) in [5, 5.41) is 4.63. The van der Waals surface area contributed by atoms with E-state index < -0.39 is 0 Å². The van der Waals surface area contributed by atoms with Crippen LogP contribution in [-0.2, 0) is 6.42 Å². The van der Waals surface area contributed by atoms with Crippen LogP contribution in [0.4, 0.5) is 5.82 Å². The molecule has 0 spiro atoms. The molecule has 2 atom stereocenters. The Morgan fingerprint density at radius 2 is 2.05 bits per heavy atom. The van der Waals surface area contributed by atoms with Crippen molar-refractivity contribution in [3.63, 3.8) is 0 Å². The molecule has 0 saturated carbocycles. The Morgan fingerprint density at radius 3 is 2.95 bits per heavy atom. The molecule has 1 aromatic carbocycles. The van der Waals surface area contributed by atoms with Crippen LogP contribution < -0.4 is 5.32 Å². The van der Waals surface area contributed by atoms with E-state index in [1.54, 1.807) is 6.33 Å². The van der Waals surface area contributed by atoms with Crippen LogP contribution in [0.1, 0.15) is 23.6 Å². The summed E-state index contributed by atoms with van der Waals surface area (Å²) >= 11 is 3.78. The molecule has 0 aliphatic heterocycles. The van der Waals surface area contributed by atoms with Gasteiger partial charge in [-0.1, -0.05) is 40.2 Å². The molecule has 0 amide bonds. The number of hydrogen-bond acceptors (Lipinski definition) is 3. The van der Waals surface area contributed by atoms with Crippen molar-refractivity contribution in [2.24, 2.45) is 0 Å². The zero-order valence-electron chi connectivity index (χ0n) is 11.8. The first-order chi connectivity index (χ1) is 10.3. The minimum atomic E-state index is 0. The molecule has 2 aromatic heterocycles. The van der Waals surface area contributed by atoms with Crippen molar-refractivity contribution < 1.29 is 0 Å². The Kier molecular flexibility index (Phi) is 4.36. The van der Waals surface area contributed by atoms with Gasteiger partial charge in [0.15, 0.2) is 0 Å². The molecule has 6 heteroatoms. The number of anilines is 1. The molecule has 2 unspecified atom stereocenters. The number of rotatable bonds is 2. The normalized spacial score (nSPS) is 20.2. The van der Waals surface area contributed by atoms with Gasteiger partial charge in [0, 0.05) is 11.0 Å². The smallest absolute Gasteiger partial charge is 0.142 e. The summed E-state index contributed by atoms with van der Waals surface area (Å²) in [5.41, 5.74) is 3.64. The molecular weight excluding hydrogens is 364 g/mol. The molecule has 0 radical (unpaired) electrons. The van der Waals surface area contributed by atoms with E-state index >= 15 is 0 Å². The van der Waals surface area contributed by atoms with E-state index in [0.29, 0.717) is 4.83 Å². The van der Waals surface area contributed by atoms with Crippen LogP contribution in [0, 0.1) is 0 Å². The van der Waals surface area contributed by atoms with Gasteiger partial charge in [-0.3, -0.25) is 0 Å². The molecule has 2 N–H and O–H groups in total. The lowest BCUT2D eigenvalue weighted by molar-refractivity contribution is 0.619. The lowest BCUT2D eigenvalue weighted by atomic mass is 9.87. The van der Waals surface area contributed by atoms with Crippen LogP contribution in [-0.4, -0.2) is 19.8 Å². The van der Waals surface area contributed by atoms with Crippen molar-refractivity contribution in [1.29, 1.82) is 0 Å². The minimum Gasteiger partial charge on any atom is -0.363 e. The predicted octanol–water partition coefficient (Wildman–Crippen LogP) is 4.24. The van der Waals surface area contributed by atoms with Gasteiger partial charge in [-0.25, -0.2) is 9.97 Å². The highest BCUT2D eigenvalue weighted by atomic mass is 79.9.